The van der Waals surface area contributed by atoms with E-state index in [1.807, 2.05) is 4.90 Å². The van der Waals surface area contributed by atoms with Crippen LogP contribution in [0, 0.1) is 5.92 Å². The smallest absolute Gasteiger partial charge is 0.320 e. The molecule has 3 heterocycles. The molecule has 4 rings (SSSR count). The summed E-state index contributed by atoms with van der Waals surface area (Å²) in [5, 5.41) is 12.6. The third kappa shape index (κ3) is 4.09. The number of hydrogen-bond donors (Lipinski definition) is 2. The molecular weight excluding hydrogens is 344 g/mol. The minimum Gasteiger partial charge on any atom is -0.481 e. The first-order valence-corrected chi connectivity index (χ1v) is 10.9. The van der Waals surface area contributed by atoms with Gasteiger partial charge < -0.3 is 25.1 Å². The molecule has 4 aliphatic rings. The van der Waals surface area contributed by atoms with E-state index in [2.05, 4.69) is 15.1 Å². The third-order valence-electron chi connectivity index (χ3n) is 7.32. The second-order valence-corrected chi connectivity index (χ2v) is 8.76. The van der Waals surface area contributed by atoms with Crippen LogP contribution in [0.4, 0.5) is 4.79 Å². The number of likely N-dealkylation sites (tertiary alicyclic amines) is 1. The van der Waals surface area contributed by atoms with Gasteiger partial charge in [-0.25, -0.2) is 4.79 Å². The van der Waals surface area contributed by atoms with Crippen LogP contribution >= 0.6 is 0 Å². The number of carbonyl (C=O) groups excluding carboxylic acids is 1. The van der Waals surface area contributed by atoms with Crippen LogP contribution in [0.5, 0.6) is 0 Å². The quantitative estimate of drug-likeness (QED) is 0.777. The normalized spacial score (nSPS) is 32.2. The topological polar surface area (TPSA) is 76.1 Å². The van der Waals surface area contributed by atoms with Crippen molar-refractivity contribution in [2.24, 2.45) is 5.92 Å². The Labute approximate surface area is 162 Å². The molecule has 0 spiro atoms. The first-order chi connectivity index (χ1) is 13.1. The standard InChI is InChI=1S/C20H34N4O3/c25-19(26)15-1-3-17(4-2-15)23-13-14-24(20(23)27)18-7-11-22(12-8-18)16-5-9-21-10-6-16/h15-18,21H,1-14H2,(H,25,26)/t15-,17-. The molecule has 0 aromatic heterocycles. The molecule has 2 N–H and O–H groups in total. The Bertz CT molecular complexity index is 535. The number of piperidine rings is 2. The first kappa shape index (κ1) is 19.0. The number of amides is 2. The molecule has 0 atom stereocenters. The van der Waals surface area contributed by atoms with Gasteiger partial charge in [0.1, 0.15) is 0 Å². The number of rotatable bonds is 4. The number of carbonyl (C=O) groups is 2. The Morgan fingerprint density at radius 3 is 1.89 bits per heavy atom. The lowest BCUT2D eigenvalue weighted by Crippen LogP contribution is -2.51. The van der Waals surface area contributed by atoms with Gasteiger partial charge in [-0.1, -0.05) is 0 Å². The summed E-state index contributed by atoms with van der Waals surface area (Å²) in [7, 11) is 0. The molecule has 1 aliphatic carbocycles. The zero-order valence-corrected chi connectivity index (χ0v) is 16.3. The Hall–Kier alpha value is -1.34. The molecule has 4 fully saturated rings. The fourth-order valence-electron chi connectivity index (χ4n) is 5.62. The average molecular weight is 379 g/mol. The van der Waals surface area contributed by atoms with Crippen LogP contribution in [0.1, 0.15) is 51.4 Å². The Morgan fingerprint density at radius 1 is 0.778 bits per heavy atom. The van der Waals surface area contributed by atoms with Crippen LogP contribution in [0.25, 0.3) is 0 Å². The Kier molecular flexibility index (Phi) is 5.88. The van der Waals surface area contributed by atoms with Crippen molar-refractivity contribution in [3.8, 4) is 0 Å². The zero-order valence-electron chi connectivity index (χ0n) is 16.3. The minimum absolute atomic E-state index is 0.203. The molecule has 3 saturated heterocycles. The van der Waals surface area contributed by atoms with Gasteiger partial charge in [0.25, 0.3) is 0 Å². The number of hydrogen-bond acceptors (Lipinski definition) is 4. The zero-order chi connectivity index (χ0) is 18.8. The highest BCUT2D eigenvalue weighted by Crippen LogP contribution is 2.31. The Balaban J connectivity index is 1.26. The number of urea groups is 1. The fourth-order valence-corrected chi connectivity index (χ4v) is 5.62. The second kappa shape index (κ2) is 8.35. The fraction of sp³-hybridized carbons (Fsp3) is 0.900. The Morgan fingerprint density at radius 2 is 1.33 bits per heavy atom. The maximum Gasteiger partial charge on any atom is 0.320 e. The van der Waals surface area contributed by atoms with E-state index in [0.717, 1.165) is 71.0 Å². The lowest BCUT2D eigenvalue weighted by atomic mass is 9.85. The summed E-state index contributed by atoms with van der Waals surface area (Å²) in [4.78, 5) is 31.0. The van der Waals surface area contributed by atoms with Crippen molar-refractivity contribution in [2.75, 3.05) is 39.3 Å². The van der Waals surface area contributed by atoms with Gasteiger partial charge in [0.2, 0.25) is 0 Å². The summed E-state index contributed by atoms with van der Waals surface area (Å²) < 4.78 is 0. The molecule has 7 heteroatoms. The summed E-state index contributed by atoms with van der Waals surface area (Å²) in [6.45, 7) is 6.15. The SMILES string of the molecule is O=C1N(C2CCN(C3CCNCC3)CC2)CCN1[C@H]1CC[C@H](C(=O)O)CC1. The highest BCUT2D eigenvalue weighted by Gasteiger charge is 2.40. The van der Waals surface area contributed by atoms with Crippen molar-refractivity contribution in [1.82, 2.24) is 20.0 Å². The number of nitrogens with one attached hydrogen (secondary N) is 1. The molecule has 1 saturated carbocycles. The lowest BCUT2D eigenvalue weighted by Gasteiger charge is -2.42. The summed E-state index contributed by atoms with van der Waals surface area (Å²) in [5.41, 5.74) is 0. The molecule has 0 unspecified atom stereocenters. The number of carboxylic acids is 1. The summed E-state index contributed by atoms with van der Waals surface area (Å²) >= 11 is 0. The van der Waals surface area contributed by atoms with Crippen LogP contribution in [-0.4, -0.2) is 89.2 Å². The van der Waals surface area contributed by atoms with E-state index in [1.54, 1.807) is 0 Å². The largest absolute Gasteiger partial charge is 0.481 e. The van der Waals surface area contributed by atoms with Gasteiger partial charge in [-0.2, -0.15) is 0 Å². The van der Waals surface area contributed by atoms with Crippen molar-refractivity contribution in [1.29, 1.82) is 0 Å². The summed E-state index contributed by atoms with van der Waals surface area (Å²) in [6.07, 6.45) is 7.77. The molecule has 27 heavy (non-hydrogen) atoms. The van der Waals surface area contributed by atoms with Crippen LogP contribution in [0.15, 0.2) is 0 Å². The number of carboxylic acid groups (broad SMARTS) is 1. The van der Waals surface area contributed by atoms with Crippen LogP contribution < -0.4 is 5.32 Å². The van der Waals surface area contributed by atoms with Crippen LogP contribution in [0.2, 0.25) is 0 Å². The van der Waals surface area contributed by atoms with Gasteiger partial charge in [-0.05, 0) is 64.5 Å². The maximum absolute atomic E-state index is 13.0. The highest BCUT2D eigenvalue weighted by atomic mass is 16.4. The van der Waals surface area contributed by atoms with Gasteiger partial charge >= 0.3 is 12.0 Å². The second-order valence-electron chi connectivity index (χ2n) is 8.76. The van der Waals surface area contributed by atoms with E-state index in [-0.39, 0.29) is 18.0 Å². The van der Waals surface area contributed by atoms with Gasteiger partial charge in [0.05, 0.1) is 5.92 Å². The van der Waals surface area contributed by atoms with E-state index in [0.29, 0.717) is 18.9 Å². The molecular formula is C20H34N4O3. The monoisotopic (exact) mass is 378 g/mol. The van der Waals surface area contributed by atoms with E-state index < -0.39 is 5.97 Å². The van der Waals surface area contributed by atoms with Crippen molar-refractivity contribution < 1.29 is 14.7 Å². The van der Waals surface area contributed by atoms with Crippen LogP contribution in [0.3, 0.4) is 0 Å². The van der Waals surface area contributed by atoms with Crippen molar-refractivity contribution in [2.45, 2.75) is 69.5 Å². The molecule has 7 nitrogen and oxygen atoms in total. The van der Waals surface area contributed by atoms with E-state index in [4.69, 9.17) is 0 Å². The predicted molar refractivity (Wildman–Crippen MR) is 103 cm³/mol. The molecule has 0 bridgehead atoms. The molecule has 152 valence electrons. The van der Waals surface area contributed by atoms with Gasteiger partial charge in [-0.15, -0.1) is 0 Å². The van der Waals surface area contributed by atoms with Crippen LogP contribution in [-0.2, 0) is 4.79 Å². The number of aliphatic carboxylic acids is 1. The van der Waals surface area contributed by atoms with E-state index >= 15 is 0 Å². The molecule has 0 aromatic rings. The summed E-state index contributed by atoms with van der Waals surface area (Å²) in [6, 6.07) is 1.56. The molecule has 0 radical (unpaired) electrons. The third-order valence-corrected chi connectivity index (χ3v) is 7.32. The predicted octanol–water partition coefficient (Wildman–Crippen LogP) is 1.58. The minimum atomic E-state index is -0.677. The average Bonchev–Trinajstić information content (AvgIpc) is 3.10. The summed E-state index contributed by atoms with van der Waals surface area (Å²) in [5.74, 6) is -0.891. The van der Waals surface area contributed by atoms with Gasteiger partial charge in [0, 0.05) is 44.3 Å². The highest BCUT2D eigenvalue weighted by molar-refractivity contribution is 5.77. The van der Waals surface area contributed by atoms with Gasteiger partial charge in [-0.3, -0.25) is 4.79 Å². The van der Waals surface area contributed by atoms with Gasteiger partial charge in [0.15, 0.2) is 0 Å². The first-order valence-electron chi connectivity index (χ1n) is 10.9. The maximum atomic E-state index is 13.0. The molecule has 0 aromatic carbocycles. The van der Waals surface area contributed by atoms with E-state index in [1.165, 1.54) is 12.8 Å². The van der Waals surface area contributed by atoms with E-state index in [9.17, 15) is 14.7 Å². The molecule has 2 amide bonds. The number of nitrogens with zero attached hydrogens (tertiary/aromatic N) is 3. The van der Waals surface area contributed by atoms with Crippen molar-refractivity contribution >= 4 is 12.0 Å². The van der Waals surface area contributed by atoms with Crippen molar-refractivity contribution in [3.05, 3.63) is 0 Å². The van der Waals surface area contributed by atoms with Crippen molar-refractivity contribution in [3.63, 3.8) is 0 Å². The lowest BCUT2D eigenvalue weighted by molar-refractivity contribution is -0.143. The molecule has 3 aliphatic heterocycles.